The minimum atomic E-state index is -0.00117. The monoisotopic (exact) mass is 660 g/mol. The fourth-order valence-corrected chi connectivity index (χ4v) is 7.99. The van der Waals surface area contributed by atoms with Crippen LogP contribution in [-0.2, 0) is 11.3 Å². The highest BCUT2D eigenvalue weighted by Gasteiger charge is 2.40. The van der Waals surface area contributed by atoms with Crippen LogP contribution in [0.2, 0.25) is 10.0 Å². The summed E-state index contributed by atoms with van der Waals surface area (Å²) in [4.78, 5) is 19.0. The predicted molar refractivity (Wildman–Crippen MR) is 185 cm³/mol. The van der Waals surface area contributed by atoms with Crippen LogP contribution in [0.15, 0.2) is 60.2 Å². The first-order valence-electron chi connectivity index (χ1n) is 16.4. The van der Waals surface area contributed by atoms with Gasteiger partial charge in [-0.1, -0.05) is 47.5 Å². The second-order valence-corrected chi connectivity index (χ2v) is 14.0. The van der Waals surface area contributed by atoms with Gasteiger partial charge in [-0.2, -0.15) is 0 Å². The highest BCUT2D eigenvalue weighted by atomic mass is 35.5. The Kier molecular flexibility index (Phi) is 8.94. The summed E-state index contributed by atoms with van der Waals surface area (Å²) in [6.45, 7) is 7.96. The minimum Gasteiger partial charge on any atom is -0.496 e. The number of hydrogen-bond donors (Lipinski definition) is 2. The molecule has 3 atom stereocenters. The number of methoxy groups -OCH3 is 1. The highest BCUT2D eigenvalue weighted by molar-refractivity contribution is 6.37. The number of nitrogens with one attached hydrogen (secondary N) is 2. The topological polar surface area (TPSA) is 66.1 Å². The Morgan fingerprint density at radius 1 is 1.02 bits per heavy atom. The van der Waals surface area contributed by atoms with Crippen LogP contribution in [0, 0.1) is 13.8 Å². The van der Waals surface area contributed by atoms with E-state index in [4.69, 9.17) is 32.7 Å². The third-order valence-corrected chi connectivity index (χ3v) is 10.4. The van der Waals surface area contributed by atoms with Crippen molar-refractivity contribution >= 4 is 40.4 Å². The third kappa shape index (κ3) is 6.35. The molecule has 1 saturated carbocycles. The van der Waals surface area contributed by atoms with E-state index in [1.54, 1.807) is 7.11 Å². The molecular formula is C37H42Cl2N4O3. The van der Waals surface area contributed by atoms with Crippen molar-refractivity contribution in [3.8, 4) is 11.5 Å². The molecule has 1 amide bonds. The molecule has 4 aliphatic rings. The van der Waals surface area contributed by atoms with Gasteiger partial charge in [0.05, 0.1) is 23.7 Å². The molecule has 7 nitrogen and oxygen atoms in total. The molecule has 2 N–H and O–H groups in total. The van der Waals surface area contributed by atoms with Gasteiger partial charge in [0.25, 0.3) is 5.91 Å². The Hall–Kier alpha value is -3.23. The van der Waals surface area contributed by atoms with Gasteiger partial charge >= 0.3 is 0 Å². The number of anilines is 1. The lowest BCUT2D eigenvalue weighted by Crippen LogP contribution is -2.58. The lowest BCUT2D eigenvalue weighted by Gasteiger charge is -2.40. The Morgan fingerprint density at radius 2 is 1.78 bits per heavy atom. The molecule has 46 heavy (non-hydrogen) atoms. The lowest BCUT2D eigenvalue weighted by molar-refractivity contribution is -0.128. The van der Waals surface area contributed by atoms with E-state index in [0.29, 0.717) is 22.3 Å². The summed E-state index contributed by atoms with van der Waals surface area (Å²) in [6.07, 6.45) is 3.71. The van der Waals surface area contributed by atoms with Gasteiger partial charge in [0, 0.05) is 62.0 Å². The normalized spacial score (nSPS) is 22.6. The average Bonchev–Trinajstić information content (AvgIpc) is 3.78. The van der Waals surface area contributed by atoms with Crippen molar-refractivity contribution in [2.75, 3.05) is 38.2 Å². The van der Waals surface area contributed by atoms with Gasteiger partial charge in [-0.3, -0.25) is 4.79 Å². The standard InChI is InChI=1S/C37H42Cl2N4O3/c1-22-15-31(38)36(32(39)16-22)46-29-13-14-42(21-29)27-9-7-24(8-10-27)35-30(17-26-18-40-19-33(35)41-26)37(44)43(28-11-12-28)20-25-5-4-6-34(45-3)23(25)2/h4-10,15-16,26,28-29,33,40-41H,11-14,17-21H2,1-3H3/t26?,29-,33?/m1/s1. The van der Waals surface area contributed by atoms with Crippen LogP contribution in [0.5, 0.6) is 11.5 Å². The maximum absolute atomic E-state index is 14.5. The Bertz CT molecular complexity index is 1630. The smallest absolute Gasteiger partial charge is 0.250 e. The molecule has 3 fully saturated rings. The molecule has 7 rings (SSSR count). The van der Waals surface area contributed by atoms with Crippen LogP contribution < -0.4 is 25.0 Å². The zero-order valence-corrected chi connectivity index (χ0v) is 28.3. The molecule has 2 unspecified atom stereocenters. The average molecular weight is 662 g/mol. The van der Waals surface area contributed by atoms with E-state index in [-0.39, 0.29) is 30.1 Å². The van der Waals surface area contributed by atoms with Crippen molar-refractivity contribution in [2.45, 2.75) is 70.3 Å². The molecule has 0 radical (unpaired) electrons. The fraction of sp³-hybridized carbons (Fsp3) is 0.432. The number of rotatable bonds is 9. The van der Waals surface area contributed by atoms with Crippen molar-refractivity contribution in [2.24, 2.45) is 0 Å². The van der Waals surface area contributed by atoms with Crippen molar-refractivity contribution in [3.05, 3.63) is 92.5 Å². The molecule has 3 aromatic rings. The first kappa shape index (κ1) is 31.4. The van der Waals surface area contributed by atoms with Crippen molar-refractivity contribution in [1.29, 1.82) is 0 Å². The van der Waals surface area contributed by atoms with E-state index in [2.05, 4.69) is 57.7 Å². The number of amides is 1. The Morgan fingerprint density at radius 3 is 2.50 bits per heavy atom. The van der Waals surface area contributed by atoms with Gasteiger partial charge in [0.2, 0.25) is 0 Å². The van der Waals surface area contributed by atoms with Gasteiger partial charge in [-0.25, -0.2) is 0 Å². The summed E-state index contributed by atoms with van der Waals surface area (Å²) in [5, 5.41) is 8.48. The second kappa shape index (κ2) is 13.1. The molecule has 3 aromatic carbocycles. The number of halogens is 2. The largest absolute Gasteiger partial charge is 0.496 e. The summed E-state index contributed by atoms with van der Waals surface area (Å²) < 4.78 is 11.9. The second-order valence-electron chi connectivity index (χ2n) is 13.2. The van der Waals surface area contributed by atoms with Crippen LogP contribution in [0.25, 0.3) is 5.57 Å². The maximum Gasteiger partial charge on any atom is 0.250 e. The van der Waals surface area contributed by atoms with Crippen LogP contribution >= 0.6 is 23.2 Å². The maximum atomic E-state index is 14.5. The SMILES string of the molecule is COc1cccc(CN(C(=O)C2=C(c3ccc(N4CC[C@@H](Oc5c(Cl)cc(C)cc5Cl)C4)cc3)C3CNCC(C2)N3)C2CC2)c1C. The van der Waals surface area contributed by atoms with E-state index < -0.39 is 0 Å². The van der Waals surface area contributed by atoms with Crippen LogP contribution in [-0.4, -0.2) is 68.3 Å². The number of carbonyl (C=O) groups excluding carboxylic acids is 1. The number of carbonyl (C=O) groups is 1. The number of fused-ring (bicyclic) bond motifs is 2. The summed E-state index contributed by atoms with van der Waals surface area (Å²) in [7, 11) is 1.70. The van der Waals surface area contributed by atoms with E-state index in [0.717, 1.165) is 96.7 Å². The summed E-state index contributed by atoms with van der Waals surface area (Å²) in [5.74, 6) is 1.60. The van der Waals surface area contributed by atoms with Crippen molar-refractivity contribution < 1.29 is 14.3 Å². The number of piperazine rings is 1. The highest BCUT2D eigenvalue weighted by Crippen LogP contribution is 2.39. The number of ether oxygens (including phenoxy) is 2. The molecule has 1 aliphatic carbocycles. The summed E-state index contributed by atoms with van der Waals surface area (Å²) >= 11 is 12.9. The zero-order chi connectivity index (χ0) is 31.9. The predicted octanol–water partition coefficient (Wildman–Crippen LogP) is 6.56. The molecule has 2 saturated heterocycles. The minimum absolute atomic E-state index is 0.00117. The van der Waals surface area contributed by atoms with Gasteiger partial charge in [-0.05, 0) is 91.3 Å². The number of nitrogens with zero attached hydrogens (tertiary/aromatic N) is 2. The van der Waals surface area contributed by atoms with Gasteiger partial charge in [0.1, 0.15) is 11.9 Å². The van der Waals surface area contributed by atoms with Crippen molar-refractivity contribution in [1.82, 2.24) is 15.5 Å². The quantitative estimate of drug-likeness (QED) is 0.271. The molecule has 3 aliphatic heterocycles. The lowest BCUT2D eigenvalue weighted by atomic mass is 9.83. The molecular weight excluding hydrogens is 619 g/mol. The van der Waals surface area contributed by atoms with Crippen LogP contribution in [0.1, 0.15) is 47.9 Å². The first-order valence-corrected chi connectivity index (χ1v) is 17.2. The molecule has 9 heteroatoms. The Labute approximate surface area is 281 Å². The summed E-state index contributed by atoms with van der Waals surface area (Å²) in [5.41, 5.74) is 7.57. The molecule has 242 valence electrons. The van der Waals surface area contributed by atoms with Gasteiger partial charge in [-0.15, -0.1) is 0 Å². The van der Waals surface area contributed by atoms with Gasteiger partial charge in [0.15, 0.2) is 5.75 Å². The van der Waals surface area contributed by atoms with E-state index in [1.165, 1.54) is 0 Å². The molecule has 0 spiro atoms. The number of aryl methyl sites for hydroxylation is 1. The van der Waals surface area contributed by atoms with E-state index >= 15 is 0 Å². The first-order chi connectivity index (χ1) is 22.3. The van der Waals surface area contributed by atoms with Crippen LogP contribution in [0.4, 0.5) is 5.69 Å². The van der Waals surface area contributed by atoms with Crippen molar-refractivity contribution in [3.63, 3.8) is 0 Å². The van der Waals surface area contributed by atoms with Gasteiger partial charge < -0.3 is 29.9 Å². The Balaban J connectivity index is 1.13. The van der Waals surface area contributed by atoms with Crippen LogP contribution in [0.3, 0.4) is 0 Å². The van der Waals surface area contributed by atoms with E-state index in [1.807, 2.05) is 31.2 Å². The third-order valence-electron chi connectivity index (χ3n) is 9.88. The molecule has 0 aromatic heterocycles. The molecule has 2 bridgehead atoms. The van der Waals surface area contributed by atoms with E-state index in [9.17, 15) is 4.79 Å². The number of benzene rings is 3. The molecule has 3 heterocycles. The summed E-state index contributed by atoms with van der Waals surface area (Å²) in [6, 6.07) is 19.2. The number of hydrogen-bond acceptors (Lipinski definition) is 6. The zero-order valence-electron chi connectivity index (χ0n) is 26.7. The fourth-order valence-electron chi connectivity index (χ4n) is 7.30.